The van der Waals surface area contributed by atoms with E-state index in [1.807, 2.05) is 13.8 Å². The molecule has 0 fully saturated rings. The van der Waals surface area contributed by atoms with Gasteiger partial charge >= 0.3 is 0 Å². The molecule has 96 valence electrons. The number of nitrogens with zero attached hydrogens (tertiary/aromatic N) is 1. The lowest BCUT2D eigenvalue weighted by Crippen LogP contribution is -2.11. The molecule has 0 aliphatic carbocycles. The summed E-state index contributed by atoms with van der Waals surface area (Å²) in [5.41, 5.74) is 9.60. The molecule has 1 aromatic heterocycles. The Kier molecular flexibility index (Phi) is 6.20. The fourth-order valence-electron chi connectivity index (χ4n) is 2.22. The van der Waals surface area contributed by atoms with Crippen LogP contribution in [0.25, 0.3) is 0 Å². The molecule has 2 N–H and O–H groups in total. The van der Waals surface area contributed by atoms with Crippen LogP contribution in [-0.4, -0.2) is 4.98 Å². The maximum Gasteiger partial charge on any atom is 0.0379 e. The minimum atomic E-state index is 0.178. The maximum atomic E-state index is 6.22. The molecule has 1 atom stereocenters. The molecule has 0 bridgehead atoms. The first-order valence-corrected chi connectivity index (χ1v) is 6.84. The van der Waals surface area contributed by atoms with Gasteiger partial charge in [0.05, 0.1) is 0 Å². The van der Waals surface area contributed by atoms with Crippen molar-refractivity contribution in [2.45, 2.75) is 65.3 Å². The Hall–Kier alpha value is -0.890. The van der Waals surface area contributed by atoms with Gasteiger partial charge in [0.25, 0.3) is 0 Å². The minimum Gasteiger partial charge on any atom is -0.324 e. The lowest BCUT2D eigenvalue weighted by molar-refractivity contribution is 0.554. The van der Waals surface area contributed by atoms with Gasteiger partial charge in [-0.1, -0.05) is 39.0 Å². The first kappa shape index (κ1) is 14.2. The molecule has 1 aromatic rings. The first-order chi connectivity index (χ1) is 8.13. The Balaban J connectivity index is 2.38. The van der Waals surface area contributed by atoms with Crippen LogP contribution in [0.2, 0.25) is 0 Å². The summed E-state index contributed by atoms with van der Waals surface area (Å²) in [5, 5.41) is 0. The summed E-state index contributed by atoms with van der Waals surface area (Å²) in [6.07, 6.45) is 7.63. The minimum absolute atomic E-state index is 0.178. The number of hydrogen-bond donors (Lipinski definition) is 1. The van der Waals surface area contributed by atoms with Gasteiger partial charge in [-0.3, -0.25) is 4.98 Å². The van der Waals surface area contributed by atoms with Crippen LogP contribution in [-0.2, 0) is 0 Å². The number of aryl methyl sites for hydroxylation is 2. The van der Waals surface area contributed by atoms with Crippen molar-refractivity contribution in [3.63, 3.8) is 0 Å². The second-order valence-electron chi connectivity index (χ2n) is 4.99. The first-order valence-electron chi connectivity index (χ1n) is 6.84. The third kappa shape index (κ3) is 5.31. The Bertz CT molecular complexity index is 313. The predicted molar refractivity (Wildman–Crippen MR) is 74.0 cm³/mol. The van der Waals surface area contributed by atoms with E-state index in [-0.39, 0.29) is 6.04 Å². The molecule has 2 nitrogen and oxygen atoms in total. The summed E-state index contributed by atoms with van der Waals surface area (Å²) in [6, 6.07) is 4.41. The van der Waals surface area contributed by atoms with Crippen LogP contribution in [0.1, 0.15) is 68.4 Å². The number of hydrogen-bond acceptors (Lipinski definition) is 2. The molecule has 0 amide bonds. The van der Waals surface area contributed by atoms with Crippen LogP contribution >= 0.6 is 0 Å². The van der Waals surface area contributed by atoms with Gasteiger partial charge in [-0.15, -0.1) is 0 Å². The second-order valence-corrected chi connectivity index (χ2v) is 4.99. The molecule has 0 aromatic carbocycles. The molecule has 0 saturated heterocycles. The quantitative estimate of drug-likeness (QED) is 0.723. The highest BCUT2D eigenvalue weighted by Crippen LogP contribution is 2.19. The van der Waals surface area contributed by atoms with E-state index in [4.69, 9.17) is 5.73 Å². The Morgan fingerprint density at radius 1 is 1.06 bits per heavy atom. The van der Waals surface area contributed by atoms with Crippen LogP contribution in [0.15, 0.2) is 12.1 Å². The molecule has 17 heavy (non-hydrogen) atoms. The van der Waals surface area contributed by atoms with Gasteiger partial charge in [0, 0.05) is 17.4 Å². The Morgan fingerprint density at radius 3 is 2.24 bits per heavy atom. The van der Waals surface area contributed by atoms with Crippen molar-refractivity contribution in [2.75, 3.05) is 0 Å². The van der Waals surface area contributed by atoms with Gasteiger partial charge in [-0.25, -0.2) is 0 Å². The lowest BCUT2D eigenvalue weighted by atomic mass is 10.00. The van der Waals surface area contributed by atoms with Crippen LogP contribution < -0.4 is 5.73 Å². The Morgan fingerprint density at radius 2 is 1.65 bits per heavy atom. The van der Waals surface area contributed by atoms with Gasteiger partial charge < -0.3 is 5.73 Å². The van der Waals surface area contributed by atoms with Crippen molar-refractivity contribution in [2.24, 2.45) is 5.73 Å². The summed E-state index contributed by atoms with van der Waals surface area (Å²) in [6.45, 7) is 6.31. The summed E-state index contributed by atoms with van der Waals surface area (Å²) in [4.78, 5) is 4.38. The zero-order valence-corrected chi connectivity index (χ0v) is 11.5. The van der Waals surface area contributed by atoms with E-state index in [2.05, 4.69) is 24.0 Å². The van der Waals surface area contributed by atoms with E-state index in [9.17, 15) is 0 Å². The third-order valence-electron chi connectivity index (χ3n) is 3.15. The SMILES string of the molecule is CCCCCCCC(N)c1cc(C)nc(C)c1. The molecule has 2 heteroatoms. The molecule has 1 heterocycles. The fraction of sp³-hybridized carbons (Fsp3) is 0.667. The van der Waals surface area contributed by atoms with Gasteiger partial charge in [0.1, 0.15) is 0 Å². The normalized spacial score (nSPS) is 12.7. The summed E-state index contributed by atoms with van der Waals surface area (Å²) >= 11 is 0. The van der Waals surface area contributed by atoms with Crippen LogP contribution in [0.3, 0.4) is 0 Å². The molecule has 0 aliphatic rings. The summed E-state index contributed by atoms with van der Waals surface area (Å²) in [5.74, 6) is 0. The number of rotatable bonds is 7. The highest BCUT2D eigenvalue weighted by molar-refractivity contribution is 5.23. The zero-order chi connectivity index (χ0) is 12.7. The molecule has 0 aliphatic heterocycles. The molecule has 0 saturated carbocycles. The van der Waals surface area contributed by atoms with Crippen molar-refractivity contribution < 1.29 is 0 Å². The van der Waals surface area contributed by atoms with E-state index < -0.39 is 0 Å². The predicted octanol–water partition coefficient (Wildman–Crippen LogP) is 4.06. The highest BCUT2D eigenvalue weighted by atomic mass is 14.7. The third-order valence-corrected chi connectivity index (χ3v) is 3.15. The summed E-state index contributed by atoms with van der Waals surface area (Å²) in [7, 11) is 0. The van der Waals surface area contributed by atoms with E-state index in [1.54, 1.807) is 0 Å². The monoisotopic (exact) mass is 234 g/mol. The van der Waals surface area contributed by atoms with Crippen molar-refractivity contribution in [3.8, 4) is 0 Å². The number of unbranched alkanes of at least 4 members (excludes halogenated alkanes) is 4. The average molecular weight is 234 g/mol. The molecule has 1 unspecified atom stereocenters. The molecular weight excluding hydrogens is 208 g/mol. The van der Waals surface area contributed by atoms with Crippen LogP contribution in [0.4, 0.5) is 0 Å². The van der Waals surface area contributed by atoms with Crippen LogP contribution in [0, 0.1) is 13.8 Å². The fourth-order valence-corrected chi connectivity index (χ4v) is 2.22. The van der Waals surface area contributed by atoms with Crippen LogP contribution in [0.5, 0.6) is 0 Å². The molecule has 1 rings (SSSR count). The van der Waals surface area contributed by atoms with Crippen molar-refractivity contribution in [3.05, 3.63) is 29.1 Å². The number of aromatic nitrogens is 1. The standard InChI is InChI=1S/C15H26N2/c1-4-5-6-7-8-9-15(16)14-10-12(2)17-13(3)11-14/h10-11,15H,4-9,16H2,1-3H3. The molecule has 0 radical (unpaired) electrons. The average Bonchev–Trinajstić information content (AvgIpc) is 2.27. The smallest absolute Gasteiger partial charge is 0.0379 e. The Labute approximate surface area is 106 Å². The van der Waals surface area contributed by atoms with Gasteiger partial charge in [0.2, 0.25) is 0 Å². The van der Waals surface area contributed by atoms with E-state index >= 15 is 0 Å². The highest BCUT2D eigenvalue weighted by Gasteiger charge is 2.07. The van der Waals surface area contributed by atoms with E-state index in [0.29, 0.717) is 0 Å². The maximum absolute atomic E-state index is 6.22. The topological polar surface area (TPSA) is 38.9 Å². The van der Waals surface area contributed by atoms with Gasteiger partial charge in [-0.05, 0) is 38.0 Å². The number of pyridine rings is 1. The molecular formula is C15H26N2. The van der Waals surface area contributed by atoms with E-state index in [1.165, 1.54) is 37.7 Å². The number of nitrogens with two attached hydrogens (primary N) is 1. The molecule has 0 spiro atoms. The van der Waals surface area contributed by atoms with Crippen molar-refractivity contribution >= 4 is 0 Å². The second kappa shape index (κ2) is 7.44. The largest absolute Gasteiger partial charge is 0.324 e. The summed E-state index contributed by atoms with van der Waals surface area (Å²) < 4.78 is 0. The van der Waals surface area contributed by atoms with Crippen molar-refractivity contribution in [1.82, 2.24) is 4.98 Å². The lowest BCUT2D eigenvalue weighted by Gasteiger charge is -2.13. The van der Waals surface area contributed by atoms with E-state index in [0.717, 1.165) is 17.8 Å². The van der Waals surface area contributed by atoms with Gasteiger partial charge in [-0.2, -0.15) is 0 Å². The zero-order valence-electron chi connectivity index (χ0n) is 11.5. The van der Waals surface area contributed by atoms with Crippen molar-refractivity contribution in [1.29, 1.82) is 0 Å². The van der Waals surface area contributed by atoms with Gasteiger partial charge in [0.15, 0.2) is 0 Å².